The van der Waals surface area contributed by atoms with Crippen LogP contribution in [-0.2, 0) is 4.79 Å². The molecular formula is C12H25Cl2N3OS. The number of hydrogen-bond donors (Lipinski definition) is 2. The fourth-order valence-electron chi connectivity index (χ4n) is 2.48. The Balaban J connectivity index is 0.00000162. The highest BCUT2D eigenvalue weighted by Gasteiger charge is 2.24. The average Bonchev–Trinajstić information content (AvgIpc) is 2.83. The molecule has 0 bridgehead atoms. The first-order valence-corrected chi connectivity index (χ1v) is 7.75. The molecule has 2 aliphatic rings. The summed E-state index contributed by atoms with van der Waals surface area (Å²) in [6.07, 6.45) is 3.98. The molecule has 4 nitrogen and oxygen atoms in total. The number of thioether (sulfide) groups is 1. The third kappa shape index (κ3) is 6.54. The second kappa shape index (κ2) is 10.1. The molecule has 0 aromatic rings. The van der Waals surface area contributed by atoms with Gasteiger partial charge in [0.2, 0.25) is 5.91 Å². The summed E-state index contributed by atoms with van der Waals surface area (Å²) in [5.74, 6) is 1.97. The highest BCUT2D eigenvalue weighted by Crippen LogP contribution is 2.11. The van der Waals surface area contributed by atoms with Crippen LogP contribution < -0.4 is 10.6 Å². The van der Waals surface area contributed by atoms with Gasteiger partial charge in [0.1, 0.15) is 0 Å². The van der Waals surface area contributed by atoms with Crippen LogP contribution in [-0.4, -0.2) is 54.2 Å². The first kappa shape index (κ1) is 19.3. The zero-order valence-electron chi connectivity index (χ0n) is 11.4. The van der Waals surface area contributed by atoms with Crippen LogP contribution in [0.2, 0.25) is 0 Å². The van der Waals surface area contributed by atoms with E-state index in [0.29, 0.717) is 0 Å². The minimum atomic E-state index is 0. The van der Waals surface area contributed by atoms with Crippen LogP contribution >= 0.6 is 36.6 Å². The van der Waals surface area contributed by atoms with Gasteiger partial charge in [-0.15, -0.1) is 36.6 Å². The van der Waals surface area contributed by atoms with Crippen molar-refractivity contribution in [3.05, 3.63) is 0 Å². The molecule has 0 aromatic carbocycles. The standard InChI is InChI=1S/C12H23N3OS.2ClH/c1-10(7-15-5-3-2-4-6-15)14-12(16)11-8-17-9-13-11;;/h10-11,13H,2-9H2,1H3,(H,14,16);2*1H. The van der Waals surface area contributed by atoms with E-state index >= 15 is 0 Å². The van der Waals surface area contributed by atoms with E-state index in [1.165, 1.54) is 32.4 Å². The van der Waals surface area contributed by atoms with E-state index in [4.69, 9.17) is 0 Å². The van der Waals surface area contributed by atoms with Crippen molar-refractivity contribution in [2.75, 3.05) is 31.3 Å². The van der Waals surface area contributed by atoms with Gasteiger partial charge in [0.15, 0.2) is 0 Å². The molecule has 0 aromatic heterocycles. The van der Waals surface area contributed by atoms with E-state index in [-0.39, 0.29) is 42.8 Å². The van der Waals surface area contributed by atoms with Gasteiger partial charge in [-0.3, -0.25) is 10.1 Å². The molecule has 7 heteroatoms. The normalized spacial score (nSPS) is 25.0. The molecule has 2 unspecified atom stereocenters. The maximum absolute atomic E-state index is 11.9. The Labute approximate surface area is 132 Å². The lowest BCUT2D eigenvalue weighted by Crippen LogP contribution is -2.49. The van der Waals surface area contributed by atoms with Crippen LogP contribution in [0.5, 0.6) is 0 Å². The smallest absolute Gasteiger partial charge is 0.238 e. The molecule has 2 saturated heterocycles. The zero-order chi connectivity index (χ0) is 12.1. The van der Waals surface area contributed by atoms with Gasteiger partial charge >= 0.3 is 0 Å². The first-order valence-electron chi connectivity index (χ1n) is 6.59. The molecule has 2 atom stereocenters. The van der Waals surface area contributed by atoms with E-state index in [1.807, 2.05) is 0 Å². The molecule has 0 aliphatic carbocycles. The van der Waals surface area contributed by atoms with E-state index in [2.05, 4.69) is 22.5 Å². The monoisotopic (exact) mass is 329 g/mol. The Kier molecular flexibility index (Phi) is 10.3. The number of hydrogen-bond acceptors (Lipinski definition) is 4. The molecule has 2 N–H and O–H groups in total. The number of amides is 1. The van der Waals surface area contributed by atoms with E-state index in [1.54, 1.807) is 11.8 Å². The molecule has 0 saturated carbocycles. The molecule has 2 heterocycles. The van der Waals surface area contributed by atoms with Crippen molar-refractivity contribution in [1.82, 2.24) is 15.5 Å². The Morgan fingerprint density at radius 2 is 2.05 bits per heavy atom. The topological polar surface area (TPSA) is 44.4 Å². The number of nitrogens with one attached hydrogen (secondary N) is 2. The Hall–Kier alpha value is 0.320. The molecular weight excluding hydrogens is 305 g/mol. The summed E-state index contributed by atoms with van der Waals surface area (Å²) in [7, 11) is 0. The van der Waals surface area contributed by atoms with Gasteiger partial charge in [-0.2, -0.15) is 0 Å². The Bertz CT molecular complexity index is 259. The average molecular weight is 330 g/mol. The van der Waals surface area contributed by atoms with Gasteiger partial charge in [-0.25, -0.2) is 0 Å². The van der Waals surface area contributed by atoms with Crippen molar-refractivity contribution in [2.45, 2.75) is 38.3 Å². The van der Waals surface area contributed by atoms with Gasteiger partial charge in [-0.1, -0.05) is 6.42 Å². The van der Waals surface area contributed by atoms with Gasteiger partial charge < -0.3 is 10.2 Å². The number of halogens is 2. The second-order valence-electron chi connectivity index (χ2n) is 5.04. The lowest BCUT2D eigenvalue weighted by molar-refractivity contribution is -0.123. The minimum absolute atomic E-state index is 0. The summed E-state index contributed by atoms with van der Waals surface area (Å²) in [5.41, 5.74) is 0. The molecule has 114 valence electrons. The number of piperidine rings is 1. The Morgan fingerprint density at radius 1 is 1.37 bits per heavy atom. The SMILES string of the molecule is CC(CN1CCCCC1)NC(=O)C1CSCN1.Cl.Cl. The van der Waals surface area contributed by atoms with Crippen molar-refractivity contribution >= 4 is 42.5 Å². The van der Waals surface area contributed by atoms with Crippen LogP contribution in [0.4, 0.5) is 0 Å². The van der Waals surface area contributed by atoms with Gasteiger partial charge in [-0.05, 0) is 32.9 Å². The third-order valence-electron chi connectivity index (χ3n) is 3.40. The van der Waals surface area contributed by atoms with Gasteiger partial charge in [0, 0.05) is 24.2 Å². The summed E-state index contributed by atoms with van der Waals surface area (Å²) < 4.78 is 0. The molecule has 2 fully saturated rings. The maximum Gasteiger partial charge on any atom is 0.238 e. The predicted octanol–water partition coefficient (Wildman–Crippen LogP) is 1.48. The van der Waals surface area contributed by atoms with Crippen molar-refractivity contribution in [3.63, 3.8) is 0 Å². The number of carbonyl (C=O) groups is 1. The quantitative estimate of drug-likeness (QED) is 0.820. The summed E-state index contributed by atoms with van der Waals surface area (Å²) >= 11 is 1.79. The molecule has 19 heavy (non-hydrogen) atoms. The number of rotatable bonds is 4. The second-order valence-corrected chi connectivity index (χ2v) is 6.07. The van der Waals surface area contributed by atoms with Crippen LogP contribution in [0.1, 0.15) is 26.2 Å². The number of likely N-dealkylation sites (tertiary alicyclic amines) is 1. The summed E-state index contributed by atoms with van der Waals surface area (Å²) in [4.78, 5) is 14.4. The Morgan fingerprint density at radius 3 is 2.63 bits per heavy atom. The van der Waals surface area contributed by atoms with Gasteiger partial charge in [0.25, 0.3) is 0 Å². The predicted molar refractivity (Wildman–Crippen MR) is 86.6 cm³/mol. The van der Waals surface area contributed by atoms with Crippen molar-refractivity contribution in [3.8, 4) is 0 Å². The fraction of sp³-hybridized carbons (Fsp3) is 0.917. The van der Waals surface area contributed by atoms with Crippen LogP contribution in [0.3, 0.4) is 0 Å². The highest BCUT2D eigenvalue weighted by atomic mass is 35.5. The number of carbonyl (C=O) groups excluding carboxylic acids is 1. The van der Waals surface area contributed by atoms with Gasteiger partial charge in [0.05, 0.1) is 6.04 Å². The summed E-state index contributed by atoms with van der Waals surface area (Å²) in [6, 6.07) is 0.275. The molecule has 0 radical (unpaired) electrons. The van der Waals surface area contributed by atoms with E-state index in [0.717, 1.165) is 18.2 Å². The largest absolute Gasteiger partial charge is 0.351 e. The fourth-order valence-corrected chi connectivity index (χ4v) is 3.42. The molecule has 0 spiro atoms. The minimum Gasteiger partial charge on any atom is -0.351 e. The summed E-state index contributed by atoms with van der Waals surface area (Å²) in [5, 5.41) is 6.32. The summed E-state index contributed by atoms with van der Waals surface area (Å²) in [6.45, 7) is 5.48. The van der Waals surface area contributed by atoms with Crippen molar-refractivity contribution in [1.29, 1.82) is 0 Å². The van der Waals surface area contributed by atoms with Crippen molar-refractivity contribution in [2.24, 2.45) is 0 Å². The van der Waals surface area contributed by atoms with E-state index in [9.17, 15) is 4.79 Å². The zero-order valence-corrected chi connectivity index (χ0v) is 13.8. The molecule has 2 aliphatic heterocycles. The van der Waals surface area contributed by atoms with Crippen molar-refractivity contribution < 1.29 is 4.79 Å². The first-order chi connectivity index (χ1) is 8.25. The van der Waals surface area contributed by atoms with Crippen LogP contribution in [0.15, 0.2) is 0 Å². The number of nitrogens with zero attached hydrogens (tertiary/aromatic N) is 1. The molecule has 1 amide bonds. The third-order valence-corrected chi connectivity index (χ3v) is 4.34. The maximum atomic E-state index is 11.9. The lowest BCUT2D eigenvalue weighted by Gasteiger charge is -2.29. The van der Waals surface area contributed by atoms with Crippen LogP contribution in [0.25, 0.3) is 0 Å². The highest BCUT2D eigenvalue weighted by molar-refractivity contribution is 7.99. The van der Waals surface area contributed by atoms with E-state index < -0.39 is 0 Å². The van der Waals surface area contributed by atoms with Crippen LogP contribution in [0, 0.1) is 0 Å². The lowest BCUT2D eigenvalue weighted by atomic mass is 10.1. The molecule has 2 rings (SSSR count).